The van der Waals surface area contributed by atoms with E-state index in [4.69, 9.17) is 0 Å². The predicted molar refractivity (Wildman–Crippen MR) is 106 cm³/mol. The molecule has 0 bridgehead atoms. The van der Waals surface area contributed by atoms with Gasteiger partial charge >= 0.3 is 0 Å². The smallest absolute Gasteiger partial charge is 0.271 e. The second kappa shape index (κ2) is 8.43. The van der Waals surface area contributed by atoms with Gasteiger partial charge in [0, 0.05) is 17.8 Å². The van der Waals surface area contributed by atoms with Crippen LogP contribution in [-0.4, -0.2) is 20.4 Å². The number of unbranched alkanes of at least 4 members (excludes halogenated alkanes) is 1. The number of aromatic nitrogens is 2. The molecule has 0 atom stereocenters. The van der Waals surface area contributed by atoms with E-state index in [0.29, 0.717) is 5.69 Å². The van der Waals surface area contributed by atoms with Crippen molar-refractivity contribution in [3.8, 4) is 0 Å². The van der Waals surface area contributed by atoms with Crippen molar-refractivity contribution in [1.82, 2.24) is 9.55 Å². The number of nitro groups is 1. The van der Waals surface area contributed by atoms with Gasteiger partial charge in [-0.3, -0.25) is 24.3 Å². The summed E-state index contributed by atoms with van der Waals surface area (Å²) in [7, 11) is 0. The van der Waals surface area contributed by atoms with E-state index >= 15 is 0 Å². The van der Waals surface area contributed by atoms with E-state index in [1.165, 1.54) is 34.7 Å². The van der Waals surface area contributed by atoms with Crippen molar-refractivity contribution in [2.45, 2.75) is 32.7 Å². The Labute approximate surface area is 161 Å². The number of amides is 1. The van der Waals surface area contributed by atoms with E-state index < -0.39 is 10.5 Å². The van der Waals surface area contributed by atoms with Crippen LogP contribution in [0.5, 0.6) is 0 Å². The molecule has 3 aromatic rings. The van der Waals surface area contributed by atoms with E-state index in [1.807, 2.05) is 24.3 Å². The fourth-order valence-corrected chi connectivity index (χ4v) is 2.86. The molecule has 0 radical (unpaired) electrons. The largest absolute Gasteiger partial charge is 0.325 e. The summed E-state index contributed by atoms with van der Waals surface area (Å²) in [6, 6.07) is 11.5. The second-order valence-electron chi connectivity index (χ2n) is 6.48. The molecule has 1 amide bonds. The Morgan fingerprint density at radius 3 is 2.64 bits per heavy atom. The van der Waals surface area contributed by atoms with Crippen LogP contribution in [0.1, 0.15) is 25.3 Å². The van der Waals surface area contributed by atoms with Gasteiger partial charge in [0.15, 0.2) is 0 Å². The van der Waals surface area contributed by atoms with Gasteiger partial charge in [0.25, 0.3) is 11.2 Å². The molecule has 2 aromatic carbocycles. The number of hydrogen-bond donors (Lipinski definition) is 1. The highest BCUT2D eigenvalue weighted by Gasteiger charge is 2.12. The minimum Gasteiger partial charge on any atom is -0.325 e. The number of carbonyl (C=O) groups is 1. The van der Waals surface area contributed by atoms with E-state index in [0.717, 1.165) is 19.3 Å². The Morgan fingerprint density at radius 1 is 1.21 bits per heavy atom. The number of carbonyl (C=O) groups excluding carboxylic acids is 1. The zero-order valence-corrected chi connectivity index (χ0v) is 15.4. The minimum absolute atomic E-state index is 0.141. The van der Waals surface area contributed by atoms with Crippen LogP contribution in [-0.2, 0) is 17.8 Å². The van der Waals surface area contributed by atoms with Crippen molar-refractivity contribution in [3.63, 3.8) is 0 Å². The van der Waals surface area contributed by atoms with E-state index in [9.17, 15) is 19.7 Å². The lowest BCUT2D eigenvalue weighted by atomic mass is 10.1. The van der Waals surface area contributed by atoms with Crippen molar-refractivity contribution < 1.29 is 9.72 Å². The number of anilines is 1. The number of nitrogens with one attached hydrogen (secondary N) is 1. The standard InChI is InChI=1S/C20H20N4O4/c1-2-3-4-14-5-7-15(8-6-14)22-19(25)12-23-13-21-18-11-16(24(27)28)9-10-17(18)20(23)26/h5-11,13H,2-4,12H2,1H3,(H,22,25). The van der Waals surface area contributed by atoms with Gasteiger partial charge in [-0.25, -0.2) is 4.98 Å². The molecular weight excluding hydrogens is 360 g/mol. The minimum atomic E-state index is -0.548. The van der Waals surface area contributed by atoms with Crippen LogP contribution in [0.4, 0.5) is 11.4 Å². The van der Waals surface area contributed by atoms with Crippen LogP contribution in [0.2, 0.25) is 0 Å². The lowest BCUT2D eigenvalue weighted by molar-refractivity contribution is -0.384. The van der Waals surface area contributed by atoms with E-state index in [2.05, 4.69) is 17.2 Å². The van der Waals surface area contributed by atoms with Gasteiger partial charge in [0.1, 0.15) is 6.54 Å². The highest BCUT2D eigenvalue weighted by molar-refractivity contribution is 5.90. The first-order valence-corrected chi connectivity index (χ1v) is 9.00. The maximum absolute atomic E-state index is 12.5. The summed E-state index contributed by atoms with van der Waals surface area (Å²) in [5.74, 6) is -0.355. The second-order valence-corrected chi connectivity index (χ2v) is 6.48. The molecule has 1 N–H and O–H groups in total. The third-order valence-electron chi connectivity index (χ3n) is 4.39. The molecule has 0 unspecified atom stereocenters. The zero-order chi connectivity index (χ0) is 20.1. The fraction of sp³-hybridized carbons (Fsp3) is 0.250. The molecule has 144 valence electrons. The van der Waals surface area contributed by atoms with Crippen LogP contribution in [0.25, 0.3) is 10.9 Å². The molecule has 8 nitrogen and oxygen atoms in total. The van der Waals surface area contributed by atoms with Gasteiger partial charge in [0.2, 0.25) is 5.91 Å². The average Bonchev–Trinajstić information content (AvgIpc) is 2.69. The summed E-state index contributed by atoms with van der Waals surface area (Å²) in [4.78, 5) is 39.1. The Kier molecular flexibility index (Phi) is 5.78. The Bertz CT molecular complexity index is 1070. The van der Waals surface area contributed by atoms with Crippen LogP contribution in [0.3, 0.4) is 0 Å². The summed E-state index contributed by atoms with van der Waals surface area (Å²) < 4.78 is 1.18. The molecule has 0 aliphatic heterocycles. The Morgan fingerprint density at radius 2 is 1.96 bits per heavy atom. The number of rotatable bonds is 7. The quantitative estimate of drug-likeness (QED) is 0.500. The summed E-state index contributed by atoms with van der Waals surface area (Å²) in [5.41, 5.74) is 1.52. The number of non-ortho nitro benzene ring substituents is 1. The summed E-state index contributed by atoms with van der Waals surface area (Å²) in [6.45, 7) is 1.94. The van der Waals surface area contributed by atoms with Crippen molar-refractivity contribution in [2.75, 3.05) is 5.32 Å². The van der Waals surface area contributed by atoms with Crippen LogP contribution in [0.15, 0.2) is 53.6 Å². The van der Waals surface area contributed by atoms with E-state index in [1.54, 1.807) is 0 Å². The summed E-state index contributed by atoms with van der Waals surface area (Å²) >= 11 is 0. The molecule has 0 saturated heterocycles. The zero-order valence-electron chi connectivity index (χ0n) is 15.4. The summed E-state index contributed by atoms with van der Waals surface area (Å²) in [6.07, 6.45) is 4.47. The monoisotopic (exact) mass is 380 g/mol. The molecule has 0 fully saturated rings. The SMILES string of the molecule is CCCCc1ccc(NC(=O)Cn2cnc3cc([N+](=O)[O-])ccc3c2=O)cc1. The van der Waals surface area contributed by atoms with Crippen molar-refractivity contribution in [2.24, 2.45) is 0 Å². The first-order chi connectivity index (χ1) is 13.5. The average molecular weight is 380 g/mol. The van der Waals surface area contributed by atoms with Crippen molar-refractivity contribution in [3.05, 3.63) is 74.8 Å². The molecule has 1 heterocycles. The molecular formula is C20H20N4O4. The third kappa shape index (κ3) is 4.40. The summed E-state index contributed by atoms with van der Waals surface area (Å²) in [5, 5.41) is 13.8. The van der Waals surface area contributed by atoms with Crippen LogP contribution >= 0.6 is 0 Å². The fourth-order valence-electron chi connectivity index (χ4n) is 2.86. The van der Waals surface area contributed by atoms with Gasteiger partial charge in [-0.2, -0.15) is 0 Å². The molecule has 0 saturated carbocycles. The molecule has 8 heteroatoms. The molecule has 3 rings (SSSR count). The van der Waals surface area contributed by atoms with Crippen LogP contribution in [0, 0.1) is 10.1 Å². The maximum atomic E-state index is 12.5. The van der Waals surface area contributed by atoms with Crippen molar-refractivity contribution >= 4 is 28.2 Å². The Balaban J connectivity index is 1.72. The lowest BCUT2D eigenvalue weighted by Gasteiger charge is -2.09. The highest BCUT2D eigenvalue weighted by Crippen LogP contribution is 2.16. The number of nitrogens with zero attached hydrogens (tertiary/aromatic N) is 3. The number of benzene rings is 2. The number of fused-ring (bicyclic) bond motifs is 1. The van der Waals surface area contributed by atoms with Gasteiger partial charge in [-0.15, -0.1) is 0 Å². The topological polar surface area (TPSA) is 107 Å². The molecule has 1 aromatic heterocycles. The van der Waals surface area contributed by atoms with Crippen molar-refractivity contribution in [1.29, 1.82) is 0 Å². The van der Waals surface area contributed by atoms with E-state index in [-0.39, 0.29) is 29.0 Å². The predicted octanol–water partition coefficient (Wildman–Crippen LogP) is 3.29. The first-order valence-electron chi connectivity index (χ1n) is 9.00. The molecule has 0 aliphatic carbocycles. The molecule has 0 aliphatic rings. The first kappa shape index (κ1) is 19.2. The van der Waals surface area contributed by atoms with Gasteiger partial charge < -0.3 is 5.32 Å². The van der Waals surface area contributed by atoms with Gasteiger partial charge in [-0.05, 0) is 36.6 Å². The van der Waals surface area contributed by atoms with Gasteiger partial charge in [0.05, 0.1) is 22.2 Å². The maximum Gasteiger partial charge on any atom is 0.271 e. The normalized spacial score (nSPS) is 10.8. The van der Waals surface area contributed by atoms with Gasteiger partial charge in [-0.1, -0.05) is 25.5 Å². The molecule has 0 spiro atoms. The number of aryl methyl sites for hydroxylation is 1. The number of nitro benzene ring substituents is 1. The Hall–Kier alpha value is -3.55. The lowest BCUT2D eigenvalue weighted by Crippen LogP contribution is -2.27. The highest BCUT2D eigenvalue weighted by atomic mass is 16.6. The number of hydrogen-bond acceptors (Lipinski definition) is 5. The molecule has 28 heavy (non-hydrogen) atoms. The van der Waals surface area contributed by atoms with Crippen LogP contribution < -0.4 is 10.9 Å². The third-order valence-corrected chi connectivity index (χ3v) is 4.39.